The van der Waals surface area contributed by atoms with Crippen molar-refractivity contribution in [2.75, 3.05) is 0 Å². The van der Waals surface area contributed by atoms with Gasteiger partial charge in [0.25, 0.3) is 0 Å². The number of halogens is 3. The molecule has 7 heteroatoms. The highest BCUT2D eigenvalue weighted by molar-refractivity contribution is 9.10. The molecule has 0 aliphatic carbocycles. The Morgan fingerprint density at radius 3 is 2.29 bits per heavy atom. The molecule has 0 spiro atoms. The Morgan fingerprint density at radius 1 is 0.952 bits per heavy atom. The monoisotopic (exact) mass is 380 g/mol. The van der Waals surface area contributed by atoms with Crippen molar-refractivity contribution in [3.05, 3.63) is 57.6 Å². The molecule has 0 aliphatic heterocycles. The molecule has 2 heterocycles. The summed E-state index contributed by atoms with van der Waals surface area (Å²) in [4.78, 5) is 16.7. The van der Waals surface area contributed by atoms with Crippen molar-refractivity contribution >= 4 is 39.1 Å². The minimum atomic E-state index is 0.266. The average molecular weight is 382 g/mol. The van der Waals surface area contributed by atoms with Crippen LogP contribution in [0.3, 0.4) is 0 Å². The van der Waals surface area contributed by atoms with Gasteiger partial charge in [0.15, 0.2) is 5.82 Å². The topological polar surface area (TPSA) is 51.6 Å². The fraction of sp³-hybridized carbons (Fsp3) is 0. The molecular weight excluding hydrogens is 375 g/mol. The van der Waals surface area contributed by atoms with Gasteiger partial charge in [0.05, 0.1) is 11.8 Å². The molecule has 2 aromatic heterocycles. The second kappa shape index (κ2) is 6.05. The van der Waals surface area contributed by atoms with Crippen LogP contribution in [0.5, 0.6) is 0 Å². The zero-order chi connectivity index (χ0) is 14.8. The number of hydrogen-bond donors (Lipinski definition) is 0. The van der Waals surface area contributed by atoms with Gasteiger partial charge in [0.1, 0.15) is 16.0 Å². The van der Waals surface area contributed by atoms with E-state index in [0.29, 0.717) is 17.1 Å². The molecule has 0 atom stereocenters. The summed E-state index contributed by atoms with van der Waals surface area (Å²) in [5.41, 5.74) is 1.93. The van der Waals surface area contributed by atoms with Gasteiger partial charge in [-0.1, -0.05) is 57.3 Å². The fourth-order valence-electron chi connectivity index (χ4n) is 1.82. The maximum Gasteiger partial charge on any atom is 0.182 e. The fourth-order valence-corrected chi connectivity index (χ4v) is 2.90. The zero-order valence-corrected chi connectivity index (χ0v) is 13.6. The molecule has 0 radical (unpaired) electrons. The average Bonchev–Trinajstić information content (AvgIpc) is 2.49. The van der Waals surface area contributed by atoms with E-state index in [1.54, 1.807) is 18.6 Å². The van der Waals surface area contributed by atoms with Gasteiger partial charge in [0, 0.05) is 22.4 Å². The molecule has 0 amide bonds. The molecule has 21 heavy (non-hydrogen) atoms. The van der Waals surface area contributed by atoms with E-state index >= 15 is 0 Å². The minimum absolute atomic E-state index is 0.266. The second-order valence-electron chi connectivity index (χ2n) is 4.07. The molecule has 0 bridgehead atoms. The molecule has 104 valence electrons. The first kappa shape index (κ1) is 14.4. The Bertz CT molecular complexity index is 773. The number of hydrogen-bond acceptors (Lipinski definition) is 4. The number of benzene rings is 1. The zero-order valence-electron chi connectivity index (χ0n) is 10.5. The summed E-state index contributed by atoms with van der Waals surface area (Å²) in [6.07, 6.45) is 4.68. The highest BCUT2D eigenvalue weighted by atomic mass is 79.9. The molecular formula is C14H7BrCl2N4. The Kier molecular flexibility index (Phi) is 4.14. The maximum absolute atomic E-state index is 6.29. The first-order valence-electron chi connectivity index (χ1n) is 5.91. The molecule has 4 nitrogen and oxygen atoms in total. The summed E-state index contributed by atoms with van der Waals surface area (Å²) >= 11 is 16.0. The predicted molar refractivity (Wildman–Crippen MR) is 86.2 cm³/mol. The van der Waals surface area contributed by atoms with E-state index in [4.69, 9.17) is 23.2 Å². The van der Waals surface area contributed by atoms with Gasteiger partial charge < -0.3 is 0 Å². The van der Waals surface area contributed by atoms with Gasteiger partial charge in [-0.2, -0.15) is 0 Å². The van der Waals surface area contributed by atoms with E-state index in [0.717, 1.165) is 10.0 Å². The molecule has 3 rings (SSSR count). The van der Waals surface area contributed by atoms with Crippen LogP contribution in [-0.2, 0) is 0 Å². The quantitative estimate of drug-likeness (QED) is 0.605. The van der Waals surface area contributed by atoms with E-state index in [-0.39, 0.29) is 10.3 Å². The van der Waals surface area contributed by atoms with Crippen molar-refractivity contribution in [2.45, 2.75) is 0 Å². The van der Waals surface area contributed by atoms with Crippen LogP contribution in [0, 0.1) is 0 Å². The van der Waals surface area contributed by atoms with Gasteiger partial charge in [0.2, 0.25) is 0 Å². The Hall–Kier alpha value is -1.56. The van der Waals surface area contributed by atoms with Crippen molar-refractivity contribution in [3.8, 4) is 22.6 Å². The van der Waals surface area contributed by atoms with Crippen molar-refractivity contribution in [3.63, 3.8) is 0 Å². The molecule has 0 saturated carbocycles. The van der Waals surface area contributed by atoms with Crippen LogP contribution in [0.15, 0.2) is 47.3 Å². The predicted octanol–water partition coefficient (Wildman–Crippen LogP) is 4.67. The van der Waals surface area contributed by atoms with Crippen molar-refractivity contribution in [2.24, 2.45) is 0 Å². The van der Waals surface area contributed by atoms with Gasteiger partial charge >= 0.3 is 0 Å². The molecule has 0 N–H and O–H groups in total. The van der Waals surface area contributed by atoms with Crippen molar-refractivity contribution in [1.29, 1.82) is 0 Å². The van der Waals surface area contributed by atoms with Crippen molar-refractivity contribution in [1.82, 2.24) is 19.9 Å². The van der Waals surface area contributed by atoms with E-state index in [2.05, 4.69) is 35.9 Å². The smallest absolute Gasteiger partial charge is 0.182 e. The summed E-state index contributed by atoms with van der Waals surface area (Å²) in [7, 11) is 0. The Balaban J connectivity index is 2.16. The van der Waals surface area contributed by atoms with Crippen LogP contribution in [0.25, 0.3) is 22.6 Å². The highest BCUT2D eigenvalue weighted by Crippen LogP contribution is 2.37. The van der Waals surface area contributed by atoms with Crippen LogP contribution < -0.4 is 0 Å². The third-order valence-electron chi connectivity index (χ3n) is 2.76. The van der Waals surface area contributed by atoms with Gasteiger partial charge in [-0.25, -0.2) is 15.0 Å². The summed E-state index contributed by atoms with van der Waals surface area (Å²) < 4.78 is 0.865. The Morgan fingerprint density at radius 2 is 1.67 bits per heavy atom. The molecule has 0 aliphatic rings. The largest absolute Gasteiger partial charge is 0.261 e. The maximum atomic E-state index is 6.29. The summed E-state index contributed by atoms with van der Waals surface area (Å²) in [5.74, 6) is 0.342. The summed E-state index contributed by atoms with van der Waals surface area (Å²) in [6, 6.07) is 7.59. The number of aromatic nitrogens is 4. The van der Waals surface area contributed by atoms with Crippen LogP contribution >= 0.6 is 39.1 Å². The SMILES string of the molecule is Clc1nc(-c2cnccn2)nc(Cl)c1-c1ccccc1Br. The van der Waals surface area contributed by atoms with E-state index in [1.165, 1.54) is 0 Å². The van der Waals surface area contributed by atoms with Gasteiger partial charge in [-0.15, -0.1) is 0 Å². The summed E-state index contributed by atoms with van der Waals surface area (Å²) in [6.45, 7) is 0. The molecule has 0 unspecified atom stereocenters. The molecule has 0 fully saturated rings. The van der Waals surface area contributed by atoms with Crippen molar-refractivity contribution < 1.29 is 0 Å². The van der Waals surface area contributed by atoms with E-state index < -0.39 is 0 Å². The third kappa shape index (κ3) is 2.90. The van der Waals surface area contributed by atoms with Crippen LogP contribution in [0.4, 0.5) is 0 Å². The normalized spacial score (nSPS) is 10.6. The number of rotatable bonds is 2. The van der Waals surface area contributed by atoms with Crippen LogP contribution in [0.1, 0.15) is 0 Å². The first-order valence-corrected chi connectivity index (χ1v) is 7.46. The lowest BCUT2D eigenvalue weighted by Gasteiger charge is -2.09. The first-order chi connectivity index (χ1) is 10.2. The molecule has 3 aromatic rings. The lowest BCUT2D eigenvalue weighted by atomic mass is 10.1. The summed E-state index contributed by atoms with van der Waals surface area (Å²) in [5, 5.41) is 0.533. The van der Waals surface area contributed by atoms with E-state index in [9.17, 15) is 0 Å². The second-order valence-corrected chi connectivity index (χ2v) is 5.64. The van der Waals surface area contributed by atoms with Gasteiger partial charge in [-0.05, 0) is 6.07 Å². The van der Waals surface area contributed by atoms with E-state index in [1.807, 2.05) is 24.3 Å². The van der Waals surface area contributed by atoms with Crippen LogP contribution in [-0.4, -0.2) is 19.9 Å². The standard InChI is InChI=1S/C14H7BrCl2N4/c15-9-4-2-1-3-8(9)11-12(16)20-14(21-13(11)17)10-7-18-5-6-19-10/h1-7H. The lowest BCUT2D eigenvalue weighted by Crippen LogP contribution is -1.96. The third-order valence-corrected chi connectivity index (χ3v) is 3.99. The Labute approximate surface area is 139 Å². The lowest BCUT2D eigenvalue weighted by molar-refractivity contribution is 1.11. The highest BCUT2D eigenvalue weighted by Gasteiger charge is 2.17. The number of nitrogens with zero attached hydrogens (tertiary/aromatic N) is 4. The van der Waals surface area contributed by atoms with Gasteiger partial charge in [-0.3, -0.25) is 4.98 Å². The molecule has 0 saturated heterocycles. The minimum Gasteiger partial charge on any atom is -0.261 e. The molecule has 1 aromatic carbocycles. The van der Waals surface area contributed by atoms with Crippen LogP contribution in [0.2, 0.25) is 10.3 Å².